The molecule has 3 amide bonds. The van der Waals surface area contributed by atoms with E-state index < -0.39 is 42.3 Å². The minimum Gasteiger partial charge on any atom is -0.456 e. The summed E-state index contributed by atoms with van der Waals surface area (Å²) in [6, 6.07) is 4.51. The van der Waals surface area contributed by atoms with Crippen molar-refractivity contribution < 1.29 is 28.3 Å². The fourth-order valence-corrected chi connectivity index (χ4v) is 3.74. The van der Waals surface area contributed by atoms with Crippen molar-refractivity contribution >= 4 is 23.7 Å². The van der Waals surface area contributed by atoms with E-state index in [9.17, 15) is 23.6 Å². The summed E-state index contributed by atoms with van der Waals surface area (Å²) in [7, 11) is 1.57. The highest BCUT2D eigenvalue weighted by Gasteiger charge is 2.55. The third-order valence-corrected chi connectivity index (χ3v) is 5.28. The van der Waals surface area contributed by atoms with Gasteiger partial charge in [0.15, 0.2) is 12.4 Å². The number of rotatable bonds is 5. The zero-order chi connectivity index (χ0) is 19.6. The molecule has 0 unspecified atom stereocenters. The SMILES string of the molecule is CN1C(=O)N(CC(=O)OCC(=O)c2cccc(F)c2)C(=O)C12CCCCC2. The maximum Gasteiger partial charge on any atom is 0.327 e. The average molecular weight is 376 g/mol. The number of benzene rings is 1. The number of hydrogen-bond donors (Lipinski definition) is 0. The maximum absolute atomic E-state index is 13.1. The van der Waals surface area contributed by atoms with Crippen LogP contribution in [0, 0.1) is 5.82 Å². The number of hydrogen-bond acceptors (Lipinski definition) is 5. The summed E-state index contributed by atoms with van der Waals surface area (Å²) in [6.07, 6.45) is 3.88. The van der Waals surface area contributed by atoms with Gasteiger partial charge in [0.1, 0.15) is 17.9 Å². The Bertz CT molecular complexity index is 788. The van der Waals surface area contributed by atoms with Crippen LogP contribution in [0.5, 0.6) is 0 Å². The van der Waals surface area contributed by atoms with Crippen LogP contribution >= 0.6 is 0 Å². The van der Waals surface area contributed by atoms with Crippen LogP contribution < -0.4 is 0 Å². The molecular weight excluding hydrogens is 355 g/mol. The molecule has 1 spiro atoms. The summed E-state index contributed by atoms with van der Waals surface area (Å²) in [6.45, 7) is -1.13. The number of amides is 3. The monoisotopic (exact) mass is 376 g/mol. The van der Waals surface area contributed by atoms with Crippen molar-refractivity contribution in [2.75, 3.05) is 20.2 Å². The highest BCUT2D eigenvalue weighted by Crippen LogP contribution is 2.39. The summed E-state index contributed by atoms with van der Waals surface area (Å²) < 4.78 is 18.0. The summed E-state index contributed by atoms with van der Waals surface area (Å²) in [5.41, 5.74) is -0.787. The van der Waals surface area contributed by atoms with Gasteiger partial charge in [-0.05, 0) is 25.0 Å². The first-order valence-electron chi connectivity index (χ1n) is 8.89. The van der Waals surface area contributed by atoms with Gasteiger partial charge in [-0.25, -0.2) is 9.18 Å². The van der Waals surface area contributed by atoms with E-state index in [4.69, 9.17) is 4.74 Å². The van der Waals surface area contributed by atoms with Gasteiger partial charge >= 0.3 is 12.0 Å². The van der Waals surface area contributed by atoms with Crippen molar-refractivity contribution in [3.05, 3.63) is 35.6 Å². The standard InChI is InChI=1S/C19H21FN2O5/c1-21-18(26)22(17(25)19(21)8-3-2-4-9-19)11-16(24)27-12-15(23)13-6-5-7-14(20)10-13/h5-7,10H,2-4,8-9,11-12H2,1H3. The number of carbonyl (C=O) groups excluding carboxylic acids is 4. The Balaban J connectivity index is 1.60. The first kappa shape index (κ1) is 19.0. The summed E-state index contributed by atoms with van der Waals surface area (Å²) in [5, 5.41) is 0. The quantitative estimate of drug-likeness (QED) is 0.447. The van der Waals surface area contributed by atoms with Gasteiger partial charge in [0.05, 0.1) is 0 Å². The molecule has 8 heteroatoms. The van der Waals surface area contributed by atoms with E-state index >= 15 is 0 Å². The van der Waals surface area contributed by atoms with Gasteiger partial charge < -0.3 is 9.64 Å². The zero-order valence-corrected chi connectivity index (χ0v) is 15.1. The number of carbonyl (C=O) groups is 4. The minimum absolute atomic E-state index is 0.0806. The molecule has 3 rings (SSSR count). The molecule has 0 radical (unpaired) electrons. The second-order valence-corrected chi connectivity index (χ2v) is 6.92. The summed E-state index contributed by atoms with van der Waals surface area (Å²) in [5.74, 6) is -2.38. The molecule has 1 aromatic rings. The normalized spacial score (nSPS) is 18.9. The molecule has 2 aliphatic rings. The number of Topliss-reactive ketones (excluding diaryl/α,β-unsaturated/α-hetero) is 1. The van der Waals surface area contributed by atoms with E-state index in [0.717, 1.165) is 30.2 Å². The van der Waals surface area contributed by atoms with Gasteiger partial charge in [-0.15, -0.1) is 0 Å². The largest absolute Gasteiger partial charge is 0.456 e. The predicted molar refractivity (Wildman–Crippen MR) is 92.4 cm³/mol. The van der Waals surface area contributed by atoms with Crippen LogP contribution in [-0.4, -0.2) is 59.2 Å². The molecule has 7 nitrogen and oxygen atoms in total. The number of likely N-dealkylation sites (N-methyl/N-ethyl adjacent to an activating group) is 1. The van der Waals surface area contributed by atoms with Gasteiger partial charge in [-0.2, -0.15) is 0 Å². The van der Waals surface area contributed by atoms with Crippen LogP contribution in [0.1, 0.15) is 42.5 Å². The molecule has 2 fully saturated rings. The molecule has 0 N–H and O–H groups in total. The van der Waals surface area contributed by atoms with E-state index in [1.54, 1.807) is 7.05 Å². The van der Waals surface area contributed by atoms with E-state index in [0.29, 0.717) is 12.8 Å². The lowest BCUT2D eigenvalue weighted by atomic mass is 9.81. The van der Waals surface area contributed by atoms with E-state index in [-0.39, 0.29) is 11.5 Å². The maximum atomic E-state index is 13.1. The number of urea groups is 1. The van der Waals surface area contributed by atoms with Crippen molar-refractivity contribution in [2.24, 2.45) is 0 Å². The molecule has 0 aromatic heterocycles. The molecule has 1 aromatic carbocycles. The Morgan fingerprint density at radius 2 is 1.89 bits per heavy atom. The summed E-state index contributed by atoms with van der Waals surface area (Å²) >= 11 is 0. The van der Waals surface area contributed by atoms with E-state index in [2.05, 4.69) is 0 Å². The molecule has 1 saturated heterocycles. The Kier molecular flexibility index (Phi) is 5.25. The Morgan fingerprint density at radius 3 is 2.56 bits per heavy atom. The topological polar surface area (TPSA) is 84.0 Å². The van der Waals surface area contributed by atoms with Gasteiger partial charge in [0.25, 0.3) is 5.91 Å². The molecule has 0 atom stereocenters. The molecule has 1 aliphatic heterocycles. The Labute approximate surface area is 156 Å². The molecule has 144 valence electrons. The van der Waals surface area contributed by atoms with Gasteiger partial charge in [0.2, 0.25) is 0 Å². The van der Waals surface area contributed by atoms with Crippen LogP contribution in [0.3, 0.4) is 0 Å². The first-order valence-corrected chi connectivity index (χ1v) is 8.89. The third-order valence-electron chi connectivity index (χ3n) is 5.28. The smallest absolute Gasteiger partial charge is 0.327 e. The van der Waals surface area contributed by atoms with Crippen molar-refractivity contribution in [3.8, 4) is 0 Å². The summed E-state index contributed by atoms with van der Waals surface area (Å²) in [4.78, 5) is 51.5. The Hall–Kier alpha value is -2.77. The number of nitrogens with zero attached hydrogens (tertiary/aromatic N) is 2. The van der Waals surface area contributed by atoms with Gasteiger partial charge in [-0.1, -0.05) is 31.4 Å². The molecule has 0 bridgehead atoms. The lowest BCUT2D eigenvalue weighted by molar-refractivity contribution is -0.147. The first-order chi connectivity index (χ1) is 12.8. The Morgan fingerprint density at radius 1 is 1.19 bits per heavy atom. The number of imide groups is 1. The van der Waals surface area contributed by atoms with Crippen LogP contribution in [0.4, 0.5) is 9.18 Å². The molecule has 1 saturated carbocycles. The number of ether oxygens (including phenoxy) is 1. The van der Waals surface area contributed by atoms with Crippen molar-refractivity contribution in [1.82, 2.24) is 9.80 Å². The highest BCUT2D eigenvalue weighted by molar-refractivity contribution is 6.08. The second kappa shape index (κ2) is 7.46. The molecular formula is C19H21FN2O5. The highest BCUT2D eigenvalue weighted by atomic mass is 19.1. The van der Waals surface area contributed by atoms with Crippen LogP contribution in [0.15, 0.2) is 24.3 Å². The van der Waals surface area contributed by atoms with Crippen LogP contribution in [0.25, 0.3) is 0 Å². The second-order valence-electron chi connectivity index (χ2n) is 6.92. The van der Waals surface area contributed by atoms with Crippen molar-refractivity contribution in [3.63, 3.8) is 0 Å². The third kappa shape index (κ3) is 3.56. The van der Waals surface area contributed by atoms with Crippen molar-refractivity contribution in [2.45, 2.75) is 37.6 Å². The van der Waals surface area contributed by atoms with Crippen molar-refractivity contribution in [1.29, 1.82) is 0 Å². The lowest BCUT2D eigenvalue weighted by Crippen LogP contribution is -2.49. The average Bonchev–Trinajstić information content (AvgIpc) is 2.83. The van der Waals surface area contributed by atoms with E-state index in [1.807, 2.05) is 0 Å². The lowest BCUT2D eigenvalue weighted by Gasteiger charge is -2.35. The van der Waals surface area contributed by atoms with E-state index in [1.165, 1.54) is 23.1 Å². The van der Waals surface area contributed by atoms with Gasteiger partial charge in [-0.3, -0.25) is 19.3 Å². The fraction of sp³-hybridized carbons (Fsp3) is 0.474. The van der Waals surface area contributed by atoms with Crippen LogP contribution in [0.2, 0.25) is 0 Å². The number of esters is 1. The van der Waals surface area contributed by atoms with Crippen LogP contribution in [-0.2, 0) is 14.3 Å². The molecule has 27 heavy (non-hydrogen) atoms. The number of ketones is 1. The molecule has 1 heterocycles. The molecule has 1 aliphatic carbocycles. The van der Waals surface area contributed by atoms with Gasteiger partial charge in [0, 0.05) is 12.6 Å². The minimum atomic E-state index is -0.868. The predicted octanol–water partition coefficient (Wildman–Crippen LogP) is 2.15. The zero-order valence-electron chi connectivity index (χ0n) is 15.1. The fourth-order valence-electron chi connectivity index (χ4n) is 3.74. The number of halogens is 1.